The van der Waals surface area contributed by atoms with Crippen molar-refractivity contribution in [3.8, 4) is 0 Å². The number of nitrogens with zero attached hydrogens (tertiary/aromatic N) is 1. The Balaban J connectivity index is 1.75. The molecule has 5 heteroatoms. The third-order valence-electron chi connectivity index (χ3n) is 5.70. The van der Waals surface area contributed by atoms with Crippen molar-refractivity contribution in [2.75, 3.05) is 12.0 Å². The SMILES string of the molecule is CC[C@H](NC(=O)c1c(C)n(NCC2CC2)c(=O)c2ccccc12)c1ccccc1. The summed E-state index contributed by atoms with van der Waals surface area (Å²) in [5.74, 6) is 0.462. The van der Waals surface area contributed by atoms with E-state index < -0.39 is 0 Å². The molecule has 0 bridgehead atoms. The number of fused-ring (bicyclic) bond motifs is 1. The molecule has 0 spiro atoms. The van der Waals surface area contributed by atoms with Crippen LogP contribution >= 0.6 is 0 Å². The zero-order valence-corrected chi connectivity index (χ0v) is 16.9. The molecule has 150 valence electrons. The minimum atomic E-state index is -0.156. The second-order valence-corrected chi connectivity index (χ2v) is 7.80. The summed E-state index contributed by atoms with van der Waals surface area (Å²) in [7, 11) is 0. The first-order valence-electron chi connectivity index (χ1n) is 10.3. The van der Waals surface area contributed by atoms with E-state index in [1.54, 1.807) is 10.7 Å². The maximum atomic E-state index is 13.4. The van der Waals surface area contributed by atoms with Crippen molar-refractivity contribution in [2.24, 2.45) is 5.92 Å². The van der Waals surface area contributed by atoms with Gasteiger partial charge in [0.15, 0.2) is 0 Å². The van der Waals surface area contributed by atoms with Gasteiger partial charge >= 0.3 is 0 Å². The van der Waals surface area contributed by atoms with Gasteiger partial charge in [-0.2, -0.15) is 0 Å². The van der Waals surface area contributed by atoms with Crippen LogP contribution in [0.5, 0.6) is 0 Å². The van der Waals surface area contributed by atoms with E-state index in [1.807, 2.05) is 55.5 Å². The molecular formula is C24H27N3O2. The molecule has 1 aliphatic rings. The summed E-state index contributed by atoms with van der Waals surface area (Å²) in [6.07, 6.45) is 3.17. The highest BCUT2D eigenvalue weighted by Crippen LogP contribution is 2.28. The molecule has 2 N–H and O–H groups in total. The van der Waals surface area contributed by atoms with Gasteiger partial charge in [0, 0.05) is 17.3 Å². The van der Waals surface area contributed by atoms with Crippen LogP contribution in [0.2, 0.25) is 0 Å². The maximum absolute atomic E-state index is 13.4. The highest BCUT2D eigenvalue weighted by Gasteiger charge is 2.24. The van der Waals surface area contributed by atoms with E-state index in [4.69, 9.17) is 0 Å². The second-order valence-electron chi connectivity index (χ2n) is 7.80. The van der Waals surface area contributed by atoms with Gasteiger partial charge in [-0.1, -0.05) is 55.5 Å². The van der Waals surface area contributed by atoms with Crippen molar-refractivity contribution in [2.45, 2.75) is 39.2 Å². The third-order valence-corrected chi connectivity index (χ3v) is 5.70. The Hall–Kier alpha value is -3.08. The third kappa shape index (κ3) is 3.90. The molecule has 0 radical (unpaired) electrons. The monoisotopic (exact) mass is 389 g/mol. The van der Waals surface area contributed by atoms with Crippen LogP contribution in [0, 0.1) is 12.8 Å². The molecule has 29 heavy (non-hydrogen) atoms. The Morgan fingerprint density at radius 2 is 1.72 bits per heavy atom. The summed E-state index contributed by atoms with van der Waals surface area (Å²) in [4.78, 5) is 26.4. The van der Waals surface area contributed by atoms with Gasteiger partial charge in [-0.3, -0.25) is 9.59 Å². The average molecular weight is 389 g/mol. The number of rotatable bonds is 7. The lowest BCUT2D eigenvalue weighted by molar-refractivity contribution is 0.0936. The standard InChI is InChI=1S/C24H27N3O2/c1-3-21(18-9-5-4-6-10-18)26-23(28)22-16(2)27(25-15-17-13-14-17)24(29)20-12-8-7-11-19(20)22/h4-12,17,21,25H,3,13-15H2,1-2H3,(H,26,28)/t21-/m0/s1. The van der Waals surface area contributed by atoms with Crippen LogP contribution < -0.4 is 16.3 Å². The van der Waals surface area contributed by atoms with Crippen LogP contribution in [0.25, 0.3) is 10.8 Å². The van der Waals surface area contributed by atoms with E-state index in [-0.39, 0.29) is 17.5 Å². The molecule has 1 heterocycles. The highest BCUT2D eigenvalue weighted by atomic mass is 16.2. The number of hydrogen-bond acceptors (Lipinski definition) is 3. The summed E-state index contributed by atoms with van der Waals surface area (Å²) in [5.41, 5.74) is 5.42. The van der Waals surface area contributed by atoms with Crippen LogP contribution in [0.4, 0.5) is 0 Å². The van der Waals surface area contributed by atoms with Crippen molar-refractivity contribution in [3.63, 3.8) is 0 Å². The molecule has 0 saturated heterocycles. The summed E-state index contributed by atoms with van der Waals surface area (Å²) in [5, 5.41) is 4.42. The molecule has 2 aromatic carbocycles. The van der Waals surface area contributed by atoms with E-state index >= 15 is 0 Å². The number of pyridine rings is 1. The van der Waals surface area contributed by atoms with Crippen molar-refractivity contribution < 1.29 is 4.79 Å². The predicted molar refractivity (Wildman–Crippen MR) is 117 cm³/mol. The number of carbonyl (C=O) groups excluding carboxylic acids is 1. The predicted octanol–water partition coefficient (Wildman–Crippen LogP) is 4.14. The Morgan fingerprint density at radius 3 is 2.38 bits per heavy atom. The molecule has 3 aromatic rings. The summed E-state index contributed by atoms with van der Waals surface area (Å²) >= 11 is 0. The first-order chi connectivity index (χ1) is 14.1. The number of carbonyl (C=O) groups is 1. The Morgan fingerprint density at radius 1 is 1.07 bits per heavy atom. The van der Waals surface area contributed by atoms with Gasteiger partial charge in [-0.25, -0.2) is 4.68 Å². The zero-order valence-electron chi connectivity index (χ0n) is 16.9. The molecular weight excluding hydrogens is 362 g/mol. The molecule has 1 aromatic heterocycles. The topological polar surface area (TPSA) is 63.1 Å². The normalized spacial score (nSPS) is 14.6. The van der Waals surface area contributed by atoms with Gasteiger partial charge in [-0.15, -0.1) is 0 Å². The lowest BCUT2D eigenvalue weighted by atomic mass is 10.0. The Bertz CT molecular complexity index is 1080. The quantitative estimate of drug-likeness (QED) is 0.638. The Kier molecular flexibility index (Phi) is 5.38. The first-order valence-corrected chi connectivity index (χ1v) is 10.3. The largest absolute Gasteiger partial charge is 0.345 e. The minimum Gasteiger partial charge on any atom is -0.345 e. The van der Waals surface area contributed by atoms with Gasteiger partial charge in [0.2, 0.25) is 0 Å². The average Bonchev–Trinajstić information content (AvgIpc) is 3.57. The molecule has 4 rings (SSSR count). The fourth-order valence-electron chi connectivity index (χ4n) is 3.82. The number of benzene rings is 2. The second kappa shape index (κ2) is 8.11. The maximum Gasteiger partial charge on any atom is 0.276 e. The molecule has 1 amide bonds. The van der Waals surface area contributed by atoms with Crippen LogP contribution in [0.1, 0.15) is 53.8 Å². The van der Waals surface area contributed by atoms with E-state index in [9.17, 15) is 9.59 Å². The van der Waals surface area contributed by atoms with Gasteiger partial charge in [0.1, 0.15) is 0 Å². The zero-order chi connectivity index (χ0) is 20.4. The van der Waals surface area contributed by atoms with Crippen molar-refractivity contribution in [3.05, 3.63) is 81.8 Å². The van der Waals surface area contributed by atoms with Crippen molar-refractivity contribution in [1.82, 2.24) is 9.99 Å². The van der Waals surface area contributed by atoms with Crippen LogP contribution in [-0.4, -0.2) is 17.1 Å². The fourth-order valence-corrected chi connectivity index (χ4v) is 3.82. The van der Waals surface area contributed by atoms with Gasteiger partial charge in [0.05, 0.1) is 17.3 Å². The van der Waals surface area contributed by atoms with Crippen molar-refractivity contribution in [1.29, 1.82) is 0 Å². The smallest absolute Gasteiger partial charge is 0.276 e. The first kappa shape index (κ1) is 19.2. The lowest BCUT2D eigenvalue weighted by Gasteiger charge is -2.21. The van der Waals surface area contributed by atoms with Crippen LogP contribution in [-0.2, 0) is 0 Å². The van der Waals surface area contributed by atoms with Crippen LogP contribution in [0.15, 0.2) is 59.4 Å². The molecule has 0 unspecified atom stereocenters. The lowest BCUT2D eigenvalue weighted by Crippen LogP contribution is -2.36. The molecule has 5 nitrogen and oxygen atoms in total. The van der Waals surface area contributed by atoms with Crippen molar-refractivity contribution >= 4 is 16.7 Å². The van der Waals surface area contributed by atoms with Gasteiger partial charge in [-0.05, 0) is 43.7 Å². The Labute approximate surface area is 170 Å². The molecule has 1 saturated carbocycles. The summed E-state index contributed by atoms with van der Waals surface area (Å²) in [6.45, 7) is 4.65. The van der Waals surface area contributed by atoms with Gasteiger partial charge < -0.3 is 10.7 Å². The van der Waals surface area contributed by atoms with E-state index in [0.717, 1.165) is 18.5 Å². The minimum absolute atomic E-state index is 0.0818. The number of nitrogens with one attached hydrogen (secondary N) is 2. The number of amides is 1. The van der Waals surface area contributed by atoms with Crippen LogP contribution in [0.3, 0.4) is 0 Å². The summed E-state index contributed by atoms with van der Waals surface area (Å²) in [6, 6.07) is 17.2. The molecule has 0 aliphatic heterocycles. The molecule has 1 aliphatic carbocycles. The van der Waals surface area contributed by atoms with Gasteiger partial charge in [0.25, 0.3) is 11.5 Å². The van der Waals surface area contributed by atoms with E-state index in [0.29, 0.717) is 27.9 Å². The number of hydrogen-bond donors (Lipinski definition) is 2. The summed E-state index contributed by atoms with van der Waals surface area (Å²) < 4.78 is 1.55. The highest BCUT2D eigenvalue weighted by molar-refractivity contribution is 6.07. The number of aromatic nitrogens is 1. The fraction of sp³-hybridized carbons (Fsp3) is 0.333. The molecule has 1 fully saturated rings. The molecule has 1 atom stereocenters. The van der Waals surface area contributed by atoms with E-state index in [2.05, 4.69) is 17.7 Å². The van der Waals surface area contributed by atoms with E-state index in [1.165, 1.54) is 12.8 Å².